The molecule has 5 heterocycles. The molecule has 5 nitrogen and oxygen atoms in total. The fourth-order valence-electron chi connectivity index (χ4n) is 3.87. The first-order valence-corrected chi connectivity index (χ1v) is 8.18. The smallest absolute Gasteiger partial charge is 0.270 e. The van der Waals surface area contributed by atoms with Gasteiger partial charge in [-0.25, -0.2) is 4.98 Å². The van der Waals surface area contributed by atoms with Gasteiger partial charge in [0, 0.05) is 18.3 Å². The molecule has 2 bridgehead atoms. The SMILES string of the molecule is C[C@@H]1[C@H](NC(=O)c2cc3cc(Cl)cn3cn2)C2CCN1CC2.Cl. The zero-order valence-corrected chi connectivity index (χ0v) is 14.5. The fourth-order valence-corrected chi connectivity index (χ4v) is 4.09. The van der Waals surface area contributed by atoms with Crippen LogP contribution in [0.15, 0.2) is 24.7 Å². The first kappa shape index (κ1) is 16.6. The summed E-state index contributed by atoms with van der Waals surface area (Å²) >= 11 is 5.98. The third-order valence-corrected chi connectivity index (χ3v) is 5.37. The van der Waals surface area contributed by atoms with E-state index in [-0.39, 0.29) is 24.4 Å². The van der Waals surface area contributed by atoms with E-state index in [0.717, 1.165) is 18.6 Å². The van der Waals surface area contributed by atoms with Crippen molar-refractivity contribution in [2.45, 2.75) is 31.8 Å². The highest BCUT2D eigenvalue weighted by molar-refractivity contribution is 6.31. The van der Waals surface area contributed by atoms with Gasteiger partial charge in [-0.3, -0.25) is 9.69 Å². The maximum Gasteiger partial charge on any atom is 0.270 e. The number of aromatic nitrogens is 2. The van der Waals surface area contributed by atoms with E-state index in [1.807, 2.05) is 10.5 Å². The van der Waals surface area contributed by atoms with E-state index in [4.69, 9.17) is 11.6 Å². The molecule has 1 amide bonds. The third-order valence-electron chi connectivity index (χ3n) is 5.16. The van der Waals surface area contributed by atoms with Gasteiger partial charge >= 0.3 is 0 Å². The average Bonchev–Trinajstić information content (AvgIpc) is 2.90. The van der Waals surface area contributed by atoms with E-state index in [1.165, 1.54) is 12.8 Å². The number of fused-ring (bicyclic) bond motifs is 4. The summed E-state index contributed by atoms with van der Waals surface area (Å²) in [4.78, 5) is 19.3. The monoisotopic (exact) mass is 354 g/mol. The Morgan fingerprint density at radius 3 is 2.78 bits per heavy atom. The van der Waals surface area contributed by atoms with Crippen LogP contribution >= 0.6 is 24.0 Å². The molecule has 5 rings (SSSR count). The van der Waals surface area contributed by atoms with Gasteiger partial charge in [0.1, 0.15) is 12.0 Å². The van der Waals surface area contributed by atoms with Crippen molar-refractivity contribution in [2.24, 2.45) is 5.92 Å². The standard InChI is InChI=1S/C16H19ClN4O.ClH/c1-10-15(11-2-4-20(10)5-3-11)19-16(22)14-7-13-6-12(17)8-21(13)9-18-14;/h6-11,15H,2-5H2,1H3,(H,19,22);1H/t10-,15+;/m1./s1. The molecule has 124 valence electrons. The van der Waals surface area contributed by atoms with Crippen LogP contribution in [0, 0.1) is 5.92 Å². The zero-order valence-electron chi connectivity index (χ0n) is 12.9. The van der Waals surface area contributed by atoms with E-state index in [9.17, 15) is 4.79 Å². The van der Waals surface area contributed by atoms with Gasteiger partial charge < -0.3 is 9.72 Å². The minimum absolute atomic E-state index is 0. The van der Waals surface area contributed by atoms with Crippen LogP contribution in [0.4, 0.5) is 0 Å². The van der Waals surface area contributed by atoms with Crippen LogP contribution in [0.3, 0.4) is 0 Å². The van der Waals surface area contributed by atoms with Crippen molar-refractivity contribution in [1.82, 2.24) is 19.6 Å². The number of carbonyl (C=O) groups is 1. The van der Waals surface area contributed by atoms with Gasteiger partial charge in [-0.05, 0) is 50.9 Å². The minimum Gasteiger partial charge on any atom is -0.346 e. The van der Waals surface area contributed by atoms with Gasteiger partial charge in [-0.2, -0.15) is 0 Å². The lowest BCUT2D eigenvalue weighted by atomic mass is 9.79. The Hall–Kier alpha value is -1.30. The molecule has 0 radical (unpaired) electrons. The van der Waals surface area contributed by atoms with E-state index in [2.05, 4.69) is 22.1 Å². The van der Waals surface area contributed by atoms with Gasteiger partial charge in [0.25, 0.3) is 5.91 Å². The van der Waals surface area contributed by atoms with Crippen LogP contribution in [0.2, 0.25) is 5.02 Å². The van der Waals surface area contributed by atoms with Crippen LogP contribution in [-0.2, 0) is 0 Å². The van der Waals surface area contributed by atoms with Crippen LogP contribution in [0.1, 0.15) is 30.3 Å². The molecule has 2 atom stereocenters. The largest absolute Gasteiger partial charge is 0.346 e. The zero-order chi connectivity index (χ0) is 15.3. The van der Waals surface area contributed by atoms with Gasteiger partial charge in [0.2, 0.25) is 0 Å². The molecule has 1 N–H and O–H groups in total. The number of hydrogen-bond acceptors (Lipinski definition) is 3. The van der Waals surface area contributed by atoms with Gasteiger partial charge in [0.05, 0.1) is 10.5 Å². The molecule has 23 heavy (non-hydrogen) atoms. The first-order chi connectivity index (χ1) is 10.6. The second kappa shape index (κ2) is 6.30. The topological polar surface area (TPSA) is 49.6 Å². The molecule has 0 saturated carbocycles. The highest BCUT2D eigenvalue weighted by atomic mass is 35.5. The lowest BCUT2D eigenvalue weighted by molar-refractivity contribution is 0.0216. The maximum absolute atomic E-state index is 12.6. The number of nitrogens with one attached hydrogen (secondary N) is 1. The van der Waals surface area contributed by atoms with Crippen LogP contribution in [0.25, 0.3) is 5.52 Å². The number of nitrogens with zero attached hydrogens (tertiary/aromatic N) is 3. The molecule has 0 unspecified atom stereocenters. The summed E-state index contributed by atoms with van der Waals surface area (Å²) in [5.41, 5.74) is 1.33. The molecular weight excluding hydrogens is 335 g/mol. The Labute approximate surface area is 146 Å². The predicted molar refractivity (Wildman–Crippen MR) is 92.5 cm³/mol. The Kier molecular flexibility index (Phi) is 4.54. The van der Waals surface area contributed by atoms with Gasteiger partial charge in [0.15, 0.2) is 0 Å². The second-order valence-corrected chi connectivity index (χ2v) is 6.81. The predicted octanol–water partition coefficient (Wildman–Crippen LogP) is 2.62. The highest BCUT2D eigenvalue weighted by Gasteiger charge is 2.40. The minimum atomic E-state index is -0.0922. The average molecular weight is 355 g/mol. The van der Waals surface area contributed by atoms with E-state index in [1.54, 1.807) is 18.6 Å². The third kappa shape index (κ3) is 2.93. The van der Waals surface area contributed by atoms with Crippen molar-refractivity contribution >= 4 is 35.4 Å². The molecular formula is C16H20Cl2N4O. The molecule has 3 saturated heterocycles. The summed E-state index contributed by atoms with van der Waals surface area (Å²) in [6, 6.07) is 4.25. The summed E-state index contributed by atoms with van der Waals surface area (Å²) in [6.45, 7) is 4.52. The second-order valence-electron chi connectivity index (χ2n) is 6.38. The summed E-state index contributed by atoms with van der Waals surface area (Å²) < 4.78 is 1.82. The first-order valence-electron chi connectivity index (χ1n) is 7.80. The van der Waals surface area contributed by atoms with Crippen molar-refractivity contribution in [3.05, 3.63) is 35.4 Å². The quantitative estimate of drug-likeness (QED) is 0.901. The van der Waals surface area contributed by atoms with E-state index in [0.29, 0.717) is 22.7 Å². The molecule has 3 aliphatic rings. The molecule has 0 spiro atoms. The number of rotatable bonds is 2. The highest BCUT2D eigenvalue weighted by Crippen LogP contribution is 2.32. The van der Waals surface area contributed by atoms with Crippen LogP contribution < -0.4 is 5.32 Å². The molecule has 0 aromatic carbocycles. The van der Waals surface area contributed by atoms with Crippen LogP contribution in [-0.4, -0.2) is 45.4 Å². The van der Waals surface area contributed by atoms with E-state index >= 15 is 0 Å². The van der Waals surface area contributed by atoms with Crippen molar-refractivity contribution in [3.63, 3.8) is 0 Å². The van der Waals surface area contributed by atoms with Crippen molar-refractivity contribution in [3.8, 4) is 0 Å². The Morgan fingerprint density at radius 1 is 1.35 bits per heavy atom. The summed E-state index contributed by atoms with van der Waals surface area (Å²) in [5.74, 6) is 0.501. The maximum atomic E-state index is 12.6. The molecule has 0 aliphatic carbocycles. The summed E-state index contributed by atoms with van der Waals surface area (Å²) in [7, 11) is 0. The summed E-state index contributed by atoms with van der Waals surface area (Å²) in [5, 5.41) is 3.85. The lowest BCUT2D eigenvalue weighted by Gasteiger charge is -2.49. The number of halogens is 2. The number of piperidine rings is 3. The molecule has 2 aromatic heterocycles. The molecule has 7 heteroatoms. The van der Waals surface area contributed by atoms with Crippen molar-refractivity contribution < 1.29 is 4.79 Å². The van der Waals surface area contributed by atoms with Crippen LogP contribution in [0.5, 0.6) is 0 Å². The molecule has 3 aliphatic heterocycles. The van der Waals surface area contributed by atoms with Crippen molar-refractivity contribution in [1.29, 1.82) is 0 Å². The lowest BCUT2D eigenvalue weighted by Crippen LogP contribution is -2.62. The van der Waals surface area contributed by atoms with Gasteiger partial charge in [-0.1, -0.05) is 11.6 Å². The number of hydrogen-bond donors (Lipinski definition) is 1. The Balaban J connectivity index is 0.00000156. The number of carbonyl (C=O) groups excluding carboxylic acids is 1. The van der Waals surface area contributed by atoms with E-state index < -0.39 is 0 Å². The number of amides is 1. The van der Waals surface area contributed by atoms with Gasteiger partial charge in [-0.15, -0.1) is 12.4 Å². The Morgan fingerprint density at radius 2 is 2.09 bits per heavy atom. The molecule has 3 fully saturated rings. The molecule has 2 aromatic rings. The Bertz CT molecular complexity index is 722. The summed E-state index contributed by atoms with van der Waals surface area (Å²) in [6.07, 6.45) is 5.77. The van der Waals surface area contributed by atoms with Crippen molar-refractivity contribution in [2.75, 3.05) is 13.1 Å². The normalized spacial score (nSPS) is 29.3. The fraction of sp³-hybridized carbons (Fsp3) is 0.500.